The maximum atomic E-state index is 13.3. The fourth-order valence-corrected chi connectivity index (χ4v) is 4.80. The first-order valence-corrected chi connectivity index (χ1v) is 13.3. The number of benzene rings is 2. The molecule has 2 aromatic rings. The molecule has 0 spiro atoms. The van der Waals surface area contributed by atoms with Gasteiger partial charge in [-0.25, -0.2) is 12.8 Å². The van der Waals surface area contributed by atoms with Crippen molar-refractivity contribution in [3.63, 3.8) is 0 Å². The van der Waals surface area contributed by atoms with Crippen LogP contribution in [0.5, 0.6) is 0 Å². The van der Waals surface area contributed by atoms with E-state index in [-0.39, 0.29) is 37.7 Å². The standard InChI is InChI=1S/C25H34FN3O4S/c1-5-23(25(31)27-6-2)28(18-20-10-7-9-19(3)17-20)24(30)11-8-16-29(34(4,32)33)22-14-12-21(26)13-15-22/h7,9-10,12-15,17,23H,5-6,8,11,16,18H2,1-4H3,(H,27,31)/t23-/m0/s1. The first kappa shape index (κ1) is 27.3. The Morgan fingerprint density at radius 1 is 1.09 bits per heavy atom. The number of carbonyl (C=O) groups excluding carboxylic acids is 2. The highest BCUT2D eigenvalue weighted by molar-refractivity contribution is 7.92. The first-order valence-electron chi connectivity index (χ1n) is 11.4. The van der Waals surface area contributed by atoms with Crippen molar-refractivity contribution < 1.29 is 22.4 Å². The summed E-state index contributed by atoms with van der Waals surface area (Å²) in [6, 6.07) is 12.3. The Kier molecular flexibility index (Phi) is 10.0. The molecule has 0 fully saturated rings. The Morgan fingerprint density at radius 2 is 1.76 bits per heavy atom. The van der Waals surface area contributed by atoms with Crippen LogP contribution in [0.25, 0.3) is 0 Å². The summed E-state index contributed by atoms with van der Waals surface area (Å²) in [5.74, 6) is -0.905. The molecule has 0 aromatic heterocycles. The van der Waals surface area contributed by atoms with Crippen LogP contribution < -0.4 is 9.62 Å². The number of nitrogens with one attached hydrogen (secondary N) is 1. The van der Waals surface area contributed by atoms with E-state index < -0.39 is 21.9 Å². The molecule has 1 N–H and O–H groups in total. The number of hydrogen-bond donors (Lipinski definition) is 1. The van der Waals surface area contributed by atoms with Crippen molar-refractivity contribution >= 4 is 27.5 Å². The number of likely N-dealkylation sites (N-methyl/N-ethyl adjacent to an activating group) is 1. The fraction of sp³-hybridized carbons (Fsp3) is 0.440. The molecule has 0 saturated carbocycles. The monoisotopic (exact) mass is 491 g/mol. The minimum absolute atomic E-state index is 0.0619. The SMILES string of the molecule is CCNC(=O)[C@H](CC)N(Cc1cccc(C)c1)C(=O)CCCN(c1ccc(F)cc1)S(C)(=O)=O. The number of halogens is 1. The lowest BCUT2D eigenvalue weighted by molar-refractivity contribution is -0.141. The zero-order valence-corrected chi connectivity index (χ0v) is 21.1. The van der Waals surface area contributed by atoms with Crippen LogP contribution in [0.3, 0.4) is 0 Å². The van der Waals surface area contributed by atoms with Crippen LogP contribution >= 0.6 is 0 Å². The van der Waals surface area contributed by atoms with Gasteiger partial charge >= 0.3 is 0 Å². The summed E-state index contributed by atoms with van der Waals surface area (Å²) in [7, 11) is -3.62. The van der Waals surface area contributed by atoms with Crippen molar-refractivity contribution in [3.05, 3.63) is 65.5 Å². The number of aryl methyl sites for hydroxylation is 1. The van der Waals surface area contributed by atoms with Gasteiger partial charge in [0.2, 0.25) is 21.8 Å². The van der Waals surface area contributed by atoms with Crippen molar-refractivity contribution in [2.75, 3.05) is 23.7 Å². The quantitative estimate of drug-likeness (QED) is 0.491. The molecule has 7 nitrogen and oxygen atoms in total. The summed E-state index contributed by atoms with van der Waals surface area (Å²) < 4.78 is 39.0. The summed E-state index contributed by atoms with van der Waals surface area (Å²) in [4.78, 5) is 27.5. The molecule has 2 aromatic carbocycles. The minimum Gasteiger partial charge on any atom is -0.355 e. The van der Waals surface area contributed by atoms with Crippen molar-refractivity contribution in [2.45, 2.75) is 52.6 Å². The molecular formula is C25H34FN3O4S. The molecule has 0 radical (unpaired) electrons. The molecule has 0 unspecified atom stereocenters. The van der Waals surface area contributed by atoms with Crippen molar-refractivity contribution in [2.24, 2.45) is 0 Å². The van der Waals surface area contributed by atoms with Crippen LogP contribution in [0.15, 0.2) is 48.5 Å². The van der Waals surface area contributed by atoms with Crippen LogP contribution in [-0.2, 0) is 26.2 Å². The zero-order valence-electron chi connectivity index (χ0n) is 20.3. The molecule has 1 atom stereocenters. The maximum Gasteiger partial charge on any atom is 0.242 e. The molecule has 0 saturated heterocycles. The van der Waals surface area contributed by atoms with Gasteiger partial charge in [0, 0.05) is 26.1 Å². The Morgan fingerprint density at radius 3 is 2.32 bits per heavy atom. The molecule has 0 aliphatic heterocycles. The van der Waals surface area contributed by atoms with Gasteiger partial charge in [0.15, 0.2) is 0 Å². The molecule has 2 rings (SSSR count). The molecule has 34 heavy (non-hydrogen) atoms. The highest BCUT2D eigenvalue weighted by Gasteiger charge is 2.28. The number of anilines is 1. The van der Waals surface area contributed by atoms with E-state index in [1.54, 1.807) is 4.90 Å². The summed E-state index contributed by atoms with van der Waals surface area (Å²) in [5, 5.41) is 2.80. The van der Waals surface area contributed by atoms with Crippen molar-refractivity contribution in [1.29, 1.82) is 0 Å². The lowest BCUT2D eigenvalue weighted by Gasteiger charge is -2.31. The topological polar surface area (TPSA) is 86.8 Å². The Hall–Kier alpha value is -2.94. The van der Waals surface area contributed by atoms with Gasteiger partial charge in [-0.1, -0.05) is 36.8 Å². The van der Waals surface area contributed by atoms with Crippen LogP contribution in [0.2, 0.25) is 0 Å². The smallest absolute Gasteiger partial charge is 0.242 e. The second-order valence-corrected chi connectivity index (χ2v) is 10.2. The zero-order chi connectivity index (χ0) is 25.3. The number of sulfonamides is 1. The summed E-state index contributed by atoms with van der Waals surface area (Å²) in [5.41, 5.74) is 2.31. The van der Waals surface area contributed by atoms with Gasteiger partial charge in [-0.3, -0.25) is 13.9 Å². The summed E-state index contributed by atoms with van der Waals surface area (Å²) in [6.45, 7) is 6.45. The van der Waals surface area contributed by atoms with Crippen LogP contribution in [-0.4, -0.2) is 50.5 Å². The van der Waals surface area contributed by atoms with Gasteiger partial charge in [-0.05, 0) is 56.5 Å². The molecular weight excluding hydrogens is 457 g/mol. The maximum absolute atomic E-state index is 13.3. The predicted octanol–water partition coefficient (Wildman–Crippen LogP) is 3.62. The lowest BCUT2D eigenvalue weighted by atomic mass is 10.1. The lowest BCUT2D eigenvalue weighted by Crippen LogP contribution is -2.49. The fourth-order valence-electron chi connectivity index (χ4n) is 3.83. The van der Waals surface area contributed by atoms with E-state index in [4.69, 9.17) is 0 Å². The molecule has 2 amide bonds. The average Bonchev–Trinajstić information content (AvgIpc) is 2.76. The van der Waals surface area contributed by atoms with Crippen molar-refractivity contribution in [3.8, 4) is 0 Å². The summed E-state index contributed by atoms with van der Waals surface area (Å²) in [6.07, 6.45) is 1.84. The highest BCUT2D eigenvalue weighted by atomic mass is 32.2. The number of hydrogen-bond acceptors (Lipinski definition) is 4. The third-order valence-electron chi connectivity index (χ3n) is 5.44. The third-order valence-corrected chi connectivity index (χ3v) is 6.63. The first-order chi connectivity index (χ1) is 16.1. The second kappa shape index (κ2) is 12.5. The number of rotatable bonds is 12. The van der Waals surface area contributed by atoms with Gasteiger partial charge in [0.1, 0.15) is 11.9 Å². The largest absolute Gasteiger partial charge is 0.355 e. The van der Waals surface area contributed by atoms with Gasteiger partial charge in [-0.15, -0.1) is 0 Å². The minimum atomic E-state index is -3.62. The van der Waals surface area contributed by atoms with Crippen LogP contribution in [0.1, 0.15) is 44.2 Å². The van der Waals surface area contributed by atoms with Crippen molar-refractivity contribution in [1.82, 2.24) is 10.2 Å². The molecule has 0 bridgehead atoms. The Labute approximate surface area is 202 Å². The Balaban J connectivity index is 2.19. The number of amides is 2. The Bertz CT molecular complexity index is 1070. The third kappa shape index (κ3) is 7.83. The van der Waals surface area contributed by atoms with E-state index >= 15 is 0 Å². The molecule has 0 heterocycles. The number of carbonyl (C=O) groups is 2. The van der Waals surface area contributed by atoms with Gasteiger partial charge < -0.3 is 10.2 Å². The predicted molar refractivity (Wildman–Crippen MR) is 132 cm³/mol. The highest BCUT2D eigenvalue weighted by Crippen LogP contribution is 2.20. The second-order valence-electron chi connectivity index (χ2n) is 8.24. The van der Waals surface area contributed by atoms with E-state index in [0.717, 1.165) is 21.7 Å². The average molecular weight is 492 g/mol. The van der Waals surface area contributed by atoms with E-state index in [9.17, 15) is 22.4 Å². The van der Waals surface area contributed by atoms with E-state index in [1.165, 1.54) is 24.3 Å². The van der Waals surface area contributed by atoms with E-state index in [1.807, 2.05) is 45.0 Å². The summed E-state index contributed by atoms with van der Waals surface area (Å²) >= 11 is 0. The molecule has 0 aliphatic rings. The van der Waals surface area contributed by atoms with E-state index in [0.29, 0.717) is 18.7 Å². The van der Waals surface area contributed by atoms with Crippen LogP contribution in [0.4, 0.5) is 10.1 Å². The van der Waals surface area contributed by atoms with E-state index in [2.05, 4.69) is 5.32 Å². The molecule has 9 heteroatoms. The molecule has 186 valence electrons. The van der Waals surface area contributed by atoms with Crippen LogP contribution in [0, 0.1) is 12.7 Å². The van der Waals surface area contributed by atoms with Gasteiger partial charge in [-0.2, -0.15) is 0 Å². The van der Waals surface area contributed by atoms with Gasteiger partial charge in [0.25, 0.3) is 0 Å². The van der Waals surface area contributed by atoms with Gasteiger partial charge in [0.05, 0.1) is 11.9 Å². The number of nitrogens with zero attached hydrogens (tertiary/aromatic N) is 2. The normalized spacial score (nSPS) is 12.1. The molecule has 0 aliphatic carbocycles.